The first-order valence-corrected chi connectivity index (χ1v) is 7.58. The highest BCUT2D eigenvalue weighted by Gasteiger charge is 2.12. The number of hydrogen-bond acceptors (Lipinski definition) is 3. The van der Waals surface area contributed by atoms with Gasteiger partial charge in [-0.2, -0.15) is 0 Å². The van der Waals surface area contributed by atoms with Gasteiger partial charge in [0.1, 0.15) is 17.3 Å². The third-order valence-electron chi connectivity index (χ3n) is 3.29. The fourth-order valence-corrected chi connectivity index (χ4v) is 2.41. The average Bonchev–Trinajstić information content (AvgIpc) is 2.92. The monoisotopic (exact) mass is 316 g/mol. The molecule has 0 amide bonds. The number of aromatic nitrogens is 2. The number of H-pyrrole nitrogens is 1. The summed E-state index contributed by atoms with van der Waals surface area (Å²) in [5.74, 6) is 2.38. The van der Waals surface area contributed by atoms with E-state index in [0.717, 1.165) is 28.4 Å². The first-order valence-electron chi connectivity index (χ1n) is 7.20. The first kappa shape index (κ1) is 14.7. The van der Waals surface area contributed by atoms with Gasteiger partial charge in [-0.05, 0) is 56.3 Å². The van der Waals surface area contributed by atoms with Crippen LogP contribution < -0.4 is 9.47 Å². The quantitative estimate of drug-likeness (QED) is 0.738. The number of hydrogen-bond donors (Lipinski definition) is 1. The molecule has 114 valence electrons. The predicted octanol–water partition coefficient (Wildman–Crippen LogP) is 4.76. The molecule has 1 heterocycles. The normalized spacial score (nSPS) is 12.3. The van der Waals surface area contributed by atoms with Gasteiger partial charge in [-0.25, -0.2) is 4.98 Å². The van der Waals surface area contributed by atoms with Crippen molar-refractivity contribution in [3.63, 3.8) is 0 Å². The SMILES string of the molecule is CCOc1ccc(OC(C)c2nc3ccc(Cl)cc3[nH]2)cc1. The van der Waals surface area contributed by atoms with E-state index in [1.54, 1.807) is 0 Å². The number of fused-ring (bicyclic) bond motifs is 1. The molecule has 0 fully saturated rings. The van der Waals surface area contributed by atoms with Crippen LogP contribution in [0.4, 0.5) is 0 Å². The van der Waals surface area contributed by atoms with Crippen molar-refractivity contribution in [3.8, 4) is 11.5 Å². The summed E-state index contributed by atoms with van der Waals surface area (Å²) in [7, 11) is 0. The molecule has 22 heavy (non-hydrogen) atoms. The molecule has 0 saturated heterocycles. The standard InChI is InChI=1S/C17H17ClN2O2/c1-3-21-13-5-7-14(8-6-13)22-11(2)17-19-15-9-4-12(18)10-16(15)20-17/h4-11H,3H2,1-2H3,(H,19,20). The number of aromatic amines is 1. The zero-order chi connectivity index (χ0) is 15.5. The lowest BCUT2D eigenvalue weighted by atomic mass is 10.3. The second kappa shape index (κ2) is 6.28. The van der Waals surface area contributed by atoms with Crippen molar-refractivity contribution in [2.45, 2.75) is 20.0 Å². The molecule has 1 unspecified atom stereocenters. The summed E-state index contributed by atoms with van der Waals surface area (Å²) in [5.41, 5.74) is 1.78. The zero-order valence-electron chi connectivity index (χ0n) is 12.5. The fourth-order valence-electron chi connectivity index (χ4n) is 2.24. The molecule has 3 rings (SSSR count). The van der Waals surface area contributed by atoms with Crippen LogP contribution in [0, 0.1) is 0 Å². The molecule has 0 aliphatic rings. The lowest BCUT2D eigenvalue weighted by molar-refractivity contribution is 0.217. The van der Waals surface area contributed by atoms with Gasteiger partial charge in [0.15, 0.2) is 6.10 Å². The highest BCUT2D eigenvalue weighted by molar-refractivity contribution is 6.31. The minimum Gasteiger partial charge on any atom is -0.494 e. The summed E-state index contributed by atoms with van der Waals surface area (Å²) >= 11 is 5.99. The third-order valence-corrected chi connectivity index (χ3v) is 3.53. The van der Waals surface area contributed by atoms with Crippen molar-refractivity contribution >= 4 is 22.6 Å². The summed E-state index contributed by atoms with van der Waals surface area (Å²) in [4.78, 5) is 7.78. The molecule has 0 radical (unpaired) electrons. The number of nitrogens with zero attached hydrogens (tertiary/aromatic N) is 1. The Labute approximate surface area is 134 Å². The zero-order valence-corrected chi connectivity index (χ0v) is 13.2. The van der Waals surface area contributed by atoms with E-state index in [0.29, 0.717) is 11.6 Å². The summed E-state index contributed by atoms with van der Waals surface area (Å²) in [6.07, 6.45) is -0.191. The molecule has 0 aliphatic carbocycles. The number of ether oxygens (including phenoxy) is 2. The maximum atomic E-state index is 5.99. The van der Waals surface area contributed by atoms with Crippen molar-refractivity contribution in [1.82, 2.24) is 9.97 Å². The Morgan fingerprint density at radius 3 is 2.59 bits per heavy atom. The van der Waals surface area contributed by atoms with Gasteiger partial charge in [-0.1, -0.05) is 11.6 Å². The molecule has 0 aliphatic heterocycles. The van der Waals surface area contributed by atoms with Crippen molar-refractivity contribution < 1.29 is 9.47 Å². The van der Waals surface area contributed by atoms with E-state index in [9.17, 15) is 0 Å². The smallest absolute Gasteiger partial charge is 0.153 e. The molecule has 2 aromatic carbocycles. The molecule has 0 spiro atoms. The number of rotatable bonds is 5. The van der Waals surface area contributed by atoms with Crippen LogP contribution in [0.5, 0.6) is 11.5 Å². The molecule has 3 aromatic rings. The van der Waals surface area contributed by atoms with Crippen LogP contribution >= 0.6 is 11.6 Å². The van der Waals surface area contributed by atoms with E-state index in [1.807, 2.05) is 56.3 Å². The molecule has 1 atom stereocenters. The molecule has 5 heteroatoms. The van der Waals surface area contributed by atoms with E-state index < -0.39 is 0 Å². The number of nitrogens with one attached hydrogen (secondary N) is 1. The van der Waals surface area contributed by atoms with E-state index in [4.69, 9.17) is 21.1 Å². The minimum absolute atomic E-state index is 0.191. The number of benzene rings is 2. The van der Waals surface area contributed by atoms with E-state index in [2.05, 4.69) is 9.97 Å². The van der Waals surface area contributed by atoms with Crippen LogP contribution in [0.25, 0.3) is 11.0 Å². The Hall–Kier alpha value is -2.20. The number of imidazole rings is 1. The Kier molecular flexibility index (Phi) is 4.20. The fraction of sp³-hybridized carbons (Fsp3) is 0.235. The number of halogens is 1. The second-order valence-corrected chi connectivity index (χ2v) is 5.38. The lowest BCUT2D eigenvalue weighted by Crippen LogP contribution is -2.05. The molecular weight excluding hydrogens is 300 g/mol. The van der Waals surface area contributed by atoms with Crippen LogP contribution in [0.2, 0.25) is 5.02 Å². The maximum Gasteiger partial charge on any atom is 0.153 e. The largest absolute Gasteiger partial charge is 0.494 e. The molecular formula is C17H17ClN2O2. The van der Waals surface area contributed by atoms with Gasteiger partial charge in [0.25, 0.3) is 0 Å². The summed E-state index contributed by atoms with van der Waals surface area (Å²) in [6.45, 7) is 4.56. The Morgan fingerprint density at radius 2 is 1.86 bits per heavy atom. The van der Waals surface area contributed by atoms with Gasteiger partial charge in [-0.3, -0.25) is 0 Å². The van der Waals surface area contributed by atoms with Crippen LogP contribution in [-0.2, 0) is 0 Å². The van der Waals surface area contributed by atoms with Gasteiger partial charge in [0.05, 0.1) is 17.6 Å². The van der Waals surface area contributed by atoms with Crippen molar-refractivity contribution in [3.05, 3.63) is 53.3 Å². The summed E-state index contributed by atoms with van der Waals surface area (Å²) in [5, 5.41) is 0.683. The van der Waals surface area contributed by atoms with Gasteiger partial charge < -0.3 is 14.5 Å². The highest BCUT2D eigenvalue weighted by Crippen LogP contribution is 2.25. The van der Waals surface area contributed by atoms with E-state index >= 15 is 0 Å². The lowest BCUT2D eigenvalue weighted by Gasteiger charge is -2.12. The molecule has 1 aromatic heterocycles. The van der Waals surface area contributed by atoms with Crippen LogP contribution in [0.15, 0.2) is 42.5 Å². The predicted molar refractivity (Wildman–Crippen MR) is 87.8 cm³/mol. The third kappa shape index (κ3) is 3.17. The average molecular weight is 317 g/mol. The summed E-state index contributed by atoms with van der Waals surface area (Å²) < 4.78 is 11.3. The topological polar surface area (TPSA) is 47.1 Å². The molecule has 0 saturated carbocycles. The summed E-state index contributed by atoms with van der Waals surface area (Å²) in [6, 6.07) is 13.1. The van der Waals surface area contributed by atoms with Crippen LogP contribution in [-0.4, -0.2) is 16.6 Å². The van der Waals surface area contributed by atoms with E-state index in [1.165, 1.54) is 0 Å². The van der Waals surface area contributed by atoms with Crippen LogP contribution in [0.3, 0.4) is 0 Å². The maximum absolute atomic E-state index is 5.99. The van der Waals surface area contributed by atoms with Crippen molar-refractivity contribution in [2.75, 3.05) is 6.61 Å². The van der Waals surface area contributed by atoms with Gasteiger partial charge in [0.2, 0.25) is 0 Å². The second-order valence-electron chi connectivity index (χ2n) is 4.95. The Bertz CT molecular complexity index is 768. The Balaban J connectivity index is 1.76. The molecule has 0 bridgehead atoms. The van der Waals surface area contributed by atoms with Gasteiger partial charge in [0, 0.05) is 5.02 Å². The van der Waals surface area contributed by atoms with Crippen molar-refractivity contribution in [1.29, 1.82) is 0 Å². The molecule has 1 N–H and O–H groups in total. The minimum atomic E-state index is -0.191. The van der Waals surface area contributed by atoms with E-state index in [-0.39, 0.29) is 6.10 Å². The molecule has 4 nitrogen and oxygen atoms in total. The Morgan fingerprint density at radius 1 is 1.14 bits per heavy atom. The van der Waals surface area contributed by atoms with Gasteiger partial charge in [-0.15, -0.1) is 0 Å². The van der Waals surface area contributed by atoms with Crippen molar-refractivity contribution in [2.24, 2.45) is 0 Å². The van der Waals surface area contributed by atoms with Crippen LogP contribution in [0.1, 0.15) is 25.8 Å². The first-order chi connectivity index (χ1) is 10.7. The highest BCUT2D eigenvalue weighted by atomic mass is 35.5. The van der Waals surface area contributed by atoms with Gasteiger partial charge >= 0.3 is 0 Å².